The molecule has 2 aromatic rings. The van der Waals surface area contributed by atoms with Crippen molar-refractivity contribution in [1.29, 1.82) is 0 Å². The molecule has 1 heterocycles. The smallest absolute Gasteiger partial charge is 0.235 e. The quantitative estimate of drug-likeness (QED) is 0.820. The third-order valence-electron chi connectivity index (χ3n) is 4.41. The number of carbonyl (C=O) groups excluding carboxylic acids is 1. The Kier molecular flexibility index (Phi) is 5.65. The minimum Gasteiger partial charge on any atom is -0.494 e. The number of aryl methyl sites for hydroxylation is 1. The summed E-state index contributed by atoms with van der Waals surface area (Å²) < 4.78 is 44.5. The Bertz CT molecular complexity index is 946. The molecule has 0 unspecified atom stereocenters. The van der Waals surface area contributed by atoms with Crippen molar-refractivity contribution in [2.75, 3.05) is 29.0 Å². The fourth-order valence-corrected chi connectivity index (χ4v) is 4.62. The van der Waals surface area contributed by atoms with Crippen LogP contribution in [0.2, 0.25) is 0 Å². The highest BCUT2D eigenvalue weighted by Crippen LogP contribution is 2.35. The molecule has 8 heteroatoms. The van der Waals surface area contributed by atoms with Gasteiger partial charge in [0.2, 0.25) is 15.9 Å². The van der Waals surface area contributed by atoms with Gasteiger partial charge in [-0.3, -0.25) is 9.10 Å². The van der Waals surface area contributed by atoms with E-state index < -0.39 is 10.0 Å². The first-order valence-electron chi connectivity index (χ1n) is 8.62. The minimum atomic E-state index is -3.32. The molecule has 27 heavy (non-hydrogen) atoms. The average Bonchev–Trinajstić information content (AvgIpc) is 3.00. The van der Waals surface area contributed by atoms with Gasteiger partial charge in [0.25, 0.3) is 0 Å². The van der Waals surface area contributed by atoms with Gasteiger partial charge >= 0.3 is 0 Å². The molecule has 0 bridgehead atoms. The molecule has 0 spiro atoms. The number of sulfonamides is 1. The Labute approximate surface area is 158 Å². The van der Waals surface area contributed by atoms with Crippen LogP contribution in [-0.2, 0) is 21.2 Å². The molecule has 1 amide bonds. The van der Waals surface area contributed by atoms with E-state index in [9.17, 15) is 17.6 Å². The average molecular weight is 392 g/mol. The lowest BCUT2D eigenvalue weighted by molar-refractivity contribution is -0.116. The zero-order valence-electron chi connectivity index (χ0n) is 14.9. The number of amides is 1. The van der Waals surface area contributed by atoms with Crippen molar-refractivity contribution in [3.8, 4) is 5.75 Å². The second-order valence-electron chi connectivity index (χ2n) is 6.27. The summed E-state index contributed by atoms with van der Waals surface area (Å²) in [7, 11) is -1.87. The molecule has 144 valence electrons. The normalized spacial score (nSPS) is 15.6. The summed E-state index contributed by atoms with van der Waals surface area (Å²) >= 11 is 0. The number of halogens is 1. The van der Waals surface area contributed by atoms with Crippen molar-refractivity contribution in [3.63, 3.8) is 0 Å². The number of nitrogens with one attached hydrogen (secondary N) is 1. The van der Waals surface area contributed by atoms with Crippen LogP contribution in [0.15, 0.2) is 42.5 Å². The van der Waals surface area contributed by atoms with Crippen molar-refractivity contribution in [2.45, 2.75) is 19.3 Å². The Morgan fingerprint density at radius 3 is 2.70 bits per heavy atom. The molecule has 0 radical (unpaired) electrons. The van der Waals surface area contributed by atoms with Crippen molar-refractivity contribution in [3.05, 3.63) is 53.8 Å². The van der Waals surface area contributed by atoms with Gasteiger partial charge in [-0.1, -0.05) is 18.2 Å². The van der Waals surface area contributed by atoms with Crippen LogP contribution < -0.4 is 14.4 Å². The predicted molar refractivity (Wildman–Crippen MR) is 102 cm³/mol. The van der Waals surface area contributed by atoms with Gasteiger partial charge in [-0.15, -0.1) is 0 Å². The van der Waals surface area contributed by atoms with Crippen molar-refractivity contribution in [1.82, 2.24) is 0 Å². The highest BCUT2D eigenvalue weighted by molar-refractivity contribution is 7.93. The number of anilines is 2. The van der Waals surface area contributed by atoms with Crippen LogP contribution in [0.5, 0.6) is 5.75 Å². The molecule has 0 atom stereocenters. The van der Waals surface area contributed by atoms with Crippen LogP contribution in [0.25, 0.3) is 0 Å². The lowest BCUT2D eigenvalue weighted by Crippen LogP contribution is -2.25. The number of benzene rings is 2. The van der Waals surface area contributed by atoms with E-state index in [-0.39, 0.29) is 23.9 Å². The summed E-state index contributed by atoms with van der Waals surface area (Å²) in [6.45, 7) is 0.410. The van der Waals surface area contributed by atoms with E-state index in [2.05, 4.69) is 5.32 Å². The first-order valence-corrected chi connectivity index (χ1v) is 10.2. The van der Waals surface area contributed by atoms with Crippen LogP contribution in [0, 0.1) is 5.82 Å². The van der Waals surface area contributed by atoms with Gasteiger partial charge in [0, 0.05) is 24.7 Å². The van der Waals surface area contributed by atoms with Crippen molar-refractivity contribution >= 4 is 27.3 Å². The molecule has 1 aliphatic heterocycles. The topological polar surface area (TPSA) is 75.7 Å². The van der Waals surface area contributed by atoms with Crippen LogP contribution in [0.4, 0.5) is 15.8 Å². The van der Waals surface area contributed by atoms with Gasteiger partial charge in [-0.05, 0) is 36.6 Å². The summed E-state index contributed by atoms with van der Waals surface area (Å²) in [5.41, 5.74) is 1.44. The maximum absolute atomic E-state index is 13.6. The van der Waals surface area contributed by atoms with Gasteiger partial charge < -0.3 is 10.1 Å². The van der Waals surface area contributed by atoms with Gasteiger partial charge in [0.15, 0.2) is 0 Å². The number of hydrogen-bond acceptors (Lipinski definition) is 4. The second-order valence-corrected chi connectivity index (χ2v) is 8.28. The number of nitrogens with zero attached hydrogens (tertiary/aromatic N) is 1. The second kappa shape index (κ2) is 7.96. The van der Waals surface area contributed by atoms with Gasteiger partial charge in [0.05, 0.1) is 18.6 Å². The molecule has 2 aromatic carbocycles. The number of hydrogen-bond donors (Lipinski definition) is 1. The van der Waals surface area contributed by atoms with Gasteiger partial charge in [-0.2, -0.15) is 0 Å². The lowest BCUT2D eigenvalue weighted by Gasteiger charge is -2.20. The number of ether oxygens (including phenoxy) is 1. The van der Waals surface area contributed by atoms with Crippen LogP contribution in [0.3, 0.4) is 0 Å². The summed E-state index contributed by atoms with van der Waals surface area (Å²) in [5.74, 6) is -0.109. The largest absolute Gasteiger partial charge is 0.494 e. The Hall–Kier alpha value is -2.61. The van der Waals surface area contributed by atoms with E-state index in [4.69, 9.17) is 4.74 Å². The first-order chi connectivity index (χ1) is 12.9. The molecule has 6 nitrogen and oxygen atoms in total. The molecule has 1 N–H and O–H groups in total. The highest BCUT2D eigenvalue weighted by atomic mass is 32.2. The minimum absolute atomic E-state index is 0.116. The molecular formula is C19H21FN2O4S. The standard InChI is InChI=1S/C19H21FN2O4S/c1-26-18-13-15(8-9-17(18)22-11-4-12-27(22,24)25)21-19(23)10-7-14-5-2-3-6-16(14)20/h2-3,5-6,8-9,13H,4,7,10-12H2,1H3,(H,21,23). The lowest BCUT2D eigenvalue weighted by atomic mass is 10.1. The predicted octanol–water partition coefficient (Wildman–Crippen LogP) is 2.95. The number of rotatable bonds is 6. The SMILES string of the molecule is COc1cc(NC(=O)CCc2ccccc2F)ccc1N1CCCS1(=O)=O. The summed E-state index contributed by atoms with van der Waals surface area (Å²) in [6, 6.07) is 11.2. The monoisotopic (exact) mass is 392 g/mol. The molecular weight excluding hydrogens is 371 g/mol. The Balaban J connectivity index is 1.69. The fraction of sp³-hybridized carbons (Fsp3) is 0.316. The van der Waals surface area contributed by atoms with Crippen molar-refractivity contribution < 1.29 is 22.3 Å². The van der Waals surface area contributed by atoms with E-state index >= 15 is 0 Å². The first kappa shape index (κ1) is 19.2. The summed E-state index contributed by atoms with van der Waals surface area (Å²) in [4.78, 5) is 12.2. The zero-order chi connectivity index (χ0) is 19.4. The Morgan fingerprint density at radius 1 is 1.26 bits per heavy atom. The van der Waals surface area contributed by atoms with E-state index in [0.717, 1.165) is 0 Å². The third-order valence-corrected chi connectivity index (χ3v) is 6.27. The maximum Gasteiger partial charge on any atom is 0.235 e. The zero-order valence-corrected chi connectivity index (χ0v) is 15.8. The van der Waals surface area contributed by atoms with Crippen LogP contribution in [-0.4, -0.2) is 33.7 Å². The molecule has 1 aliphatic rings. The number of carbonyl (C=O) groups is 1. The van der Waals surface area contributed by atoms with Crippen LogP contribution >= 0.6 is 0 Å². The summed E-state index contributed by atoms with van der Waals surface area (Å²) in [6.07, 6.45) is 0.991. The molecule has 1 saturated heterocycles. The Morgan fingerprint density at radius 2 is 2.04 bits per heavy atom. The van der Waals surface area contributed by atoms with E-state index in [1.165, 1.54) is 17.5 Å². The van der Waals surface area contributed by atoms with Crippen molar-refractivity contribution in [2.24, 2.45) is 0 Å². The third kappa shape index (κ3) is 4.39. The molecule has 0 aromatic heterocycles. The van der Waals surface area contributed by atoms with Gasteiger partial charge in [0.1, 0.15) is 11.6 Å². The number of methoxy groups -OCH3 is 1. The molecule has 0 saturated carbocycles. The maximum atomic E-state index is 13.6. The molecule has 3 rings (SSSR count). The van der Waals surface area contributed by atoms with Gasteiger partial charge in [-0.25, -0.2) is 12.8 Å². The van der Waals surface area contributed by atoms with E-state index in [1.54, 1.807) is 36.4 Å². The fourth-order valence-electron chi connectivity index (χ4n) is 3.04. The molecule has 1 fully saturated rings. The summed E-state index contributed by atoms with van der Waals surface area (Å²) in [5, 5.41) is 2.74. The van der Waals surface area contributed by atoms with Crippen LogP contribution in [0.1, 0.15) is 18.4 Å². The van der Waals surface area contributed by atoms with E-state index in [0.29, 0.717) is 42.1 Å². The highest BCUT2D eigenvalue weighted by Gasteiger charge is 2.30. The molecule has 0 aliphatic carbocycles. The van der Waals surface area contributed by atoms with E-state index in [1.807, 2.05) is 0 Å².